The third-order valence-electron chi connectivity index (χ3n) is 2.74. The molecule has 0 bridgehead atoms. The maximum atomic E-state index is 12.1. The summed E-state index contributed by atoms with van der Waals surface area (Å²) < 4.78 is 1.50. The molecule has 2 aromatic rings. The molecule has 20 heavy (non-hydrogen) atoms. The number of aromatic nitrogens is 2. The van der Waals surface area contributed by atoms with E-state index in [0.29, 0.717) is 11.3 Å². The molecule has 104 valence electrons. The second-order valence-corrected chi connectivity index (χ2v) is 4.29. The van der Waals surface area contributed by atoms with E-state index in [4.69, 9.17) is 5.11 Å². The lowest BCUT2D eigenvalue weighted by atomic mass is 10.1. The molecule has 0 aliphatic rings. The first-order valence-electron chi connectivity index (χ1n) is 5.76. The highest BCUT2D eigenvalue weighted by molar-refractivity contribution is 6.08. The topological polar surface area (TPSA) is 104 Å². The van der Waals surface area contributed by atoms with Crippen molar-refractivity contribution in [3.8, 4) is 5.75 Å². The van der Waals surface area contributed by atoms with E-state index < -0.39 is 11.9 Å². The number of phenolic OH excluding ortho intramolecular Hbond substituents is 1. The first-order chi connectivity index (χ1) is 9.38. The highest BCUT2D eigenvalue weighted by Gasteiger charge is 2.17. The van der Waals surface area contributed by atoms with Gasteiger partial charge in [0.2, 0.25) is 0 Å². The summed E-state index contributed by atoms with van der Waals surface area (Å²) in [5.74, 6) is -1.87. The summed E-state index contributed by atoms with van der Waals surface area (Å²) in [7, 11) is 1.69. The fourth-order valence-corrected chi connectivity index (χ4v) is 1.83. The molecule has 7 nitrogen and oxygen atoms in total. The highest BCUT2D eigenvalue weighted by atomic mass is 16.4. The van der Waals surface area contributed by atoms with Crippen LogP contribution in [-0.4, -0.2) is 31.9 Å². The molecule has 1 amide bonds. The SMILES string of the molecule is Cc1nn(C)cc1C(=O)Nc1ccc(O)cc1C(=O)O. The van der Waals surface area contributed by atoms with Gasteiger partial charge in [0.15, 0.2) is 0 Å². The van der Waals surface area contributed by atoms with Crippen LogP contribution in [0.15, 0.2) is 24.4 Å². The summed E-state index contributed by atoms with van der Waals surface area (Å²) in [5, 5.41) is 24.9. The van der Waals surface area contributed by atoms with Gasteiger partial charge < -0.3 is 15.5 Å². The predicted octanol–water partition coefficient (Wildman–Crippen LogP) is 1.38. The van der Waals surface area contributed by atoms with Crippen LogP contribution in [0.3, 0.4) is 0 Å². The normalized spacial score (nSPS) is 10.3. The quantitative estimate of drug-likeness (QED) is 0.734. The summed E-state index contributed by atoms with van der Waals surface area (Å²) in [4.78, 5) is 23.2. The van der Waals surface area contributed by atoms with Gasteiger partial charge in [-0.2, -0.15) is 5.10 Å². The van der Waals surface area contributed by atoms with Crippen LogP contribution in [0.5, 0.6) is 5.75 Å². The van der Waals surface area contributed by atoms with Crippen molar-refractivity contribution in [1.82, 2.24) is 9.78 Å². The van der Waals surface area contributed by atoms with Gasteiger partial charge in [0.1, 0.15) is 5.75 Å². The van der Waals surface area contributed by atoms with Crippen LogP contribution in [0.2, 0.25) is 0 Å². The minimum Gasteiger partial charge on any atom is -0.508 e. The van der Waals surface area contributed by atoms with Crippen LogP contribution in [-0.2, 0) is 7.05 Å². The number of carboxylic acids is 1. The number of carbonyl (C=O) groups is 2. The Bertz CT molecular complexity index is 691. The minimum atomic E-state index is -1.24. The van der Waals surface area contributed by atoms with Crippen molar-refractivity contribution >= 4 is 17.6 Å². The van der Waals surface area contributed by atoms with Gasteiger partial charge >= 0.3 is 5.97 Å². The molecule has 1 aromatic heterocycles. The van der Waals surface area contributed by atoms with Gasteiger partial charge in [0.05, 0.1) is 22.5 Å². The number of hydrogen-bond acceptors (Lipinski definition) is 4. The van der Waals surface area contributed by atoms with Gasteiger partial charge in [-0.05, 0) is 25.1 Å². The van der Waals surface area contributed by atoms with E-state index in [0.717, 1.165) is 6.07 Å². The van der Waals surface area contributed by atoms with Gasteiger partial charge in [-0.3, -0.25) is 9.48 Å². The predicted molar refractivity (Wildman–Crippen MR) is 71.0 cm³/mol. The maximum Gasteiger partial charge on any atom is 0.337 e. The fraction of sp³-hybridized carbons (Fsp3) is 0.154. The molecular formula is C13H13N3O4. The van der Waals surface area contributed by atoms with Gasteiger partial charge in [-0.25, -0.2) is 4.79 Å². The third-order valence-corrected chi connectivity index (χ3v) is 2.74. The highest BCUT2D eigenvalue weighted by Crippen LogP contribution is 2.22. The van der Waals surface area contributed by atoms with Gasteiger partial charge in [0.25, 0.3) is 5.91 Å². The third kappa shape index (κ3) is 2.61. The monoisotopic (exact) mass is 275 g/mol. The van der Waals surface area contributed by atoms with E-state index in [9.17, 15) is 14.7 Å². The van der Waals surface area contributed by atoms with Crippen LogP contribution < -0.4 is 5.32 Å². The Morgan fingerprint density at radius 2 is 2.00 bits per heavy atom. The summed E-state index contributed by atoms with van der Waals surface area (Å²) in [6.07, 6.45) is 1.55. The average Bonchev–Trinajstić information content (AvgIpc) is 2.70. The molecule has 0 aliphatic heterocycles. The molecule has 0 atom stereocenters. The molecule has 0 saturated heterocycles. The number of hydrogen-bond donors (Lipinski definition) is 3. The molecule has 1 aromatic carbocycles. The zero-order chi connectivity index (χ0) is 14.9. The van der Waals surface area contributed by atoms with Crippen LogP contribution in [0.4, 0.5) is 5.69 Å². The summed E-state index contributed by atoms with van der Waals surface area (Å²) in [5.41, 5.74) is 0.834. The van der Waals surface area contributed by atoms with Crippen LogP contribution in [0.25, 0.3) is 0 Å². The minimum absolute atomic E-state index is 0.114. The molecule has 1 heterocycles. The Hall–Kier alpha value is -2.83. The van der Waals surface area contributed by atoms with E-state index >= 15 is 0 Å². The van der Waals surface area contributed by atoms with Crippen molar-refractivity contribution in [1.29, 1.82) is 0 Å². The number of aromatic carboxylic acids is 1. The van der Waals surface area contributed by atoms with Crippen LogP contribution in [0.1, 0.15) is 26.4 Å². The van der Waals surface area contributed by atoms with E-state index in [1.165, 1.54) is 16.8 Å². The number of rotatable bonds is 3. The van der Waals surface area contributed by atoms with Crippen molar-refractivity contribution in [3.63, 3.8) is 0 Å². The number of nitrogens with zero attached hydrogens (tertiary/aromatic N) is 2. The number of anilines is 1. The second kappa shape index (κ2) is 5.04. The number of aryl methyl sites for hydroxylation is 2. The van der Waals surface area contributed by atoms with Gasteiger partial charge in [0, 0.05) is 13.2 Å². The molecule has 0 fully saturated rings. The number of benzene rings is 1. The molecule has 3 N–H and O–H groups in total. The summed E-state index contributed by atoms with van der Waals surface area (Å²) >= 11 is 0. The lowest BCUT2D eigenvalue weighted by Gasteiger charge is -2.08. The zero-order valence-corrected chi connectivity index (χ0v) is 10.9. The Balaban J connectivity index is 2.33. The van der Waals surface area contributed by atoms with Gasteiger partial charge in [-0.15, -0.1) is 0 Å². The van der Waals surface area contributed by atoms with Crippen molar-refractivity contribution in [2.75, 3.05) is 5.32 Å². The van der Waals surface area contributed by atoms with Crippen molar-refractivity contribution in [2.24, 2.45) is 7.05 Å². The second-order valence-electron chi connectivity index (χ2n) is 4.29. The van der Waals surface area contributed by atoms with E-state index in [2.05, 4.69) is 10.4 Å². The lowest BCUT2D eigenvalue weighted by Crippen LogP contribution is -2.15. The number of phenols is 1. The number of aromatic hydroxyl groups is 1. The van der Waals surface area contributed by atoms with Gasteiger partial charge in [-0.1, -0.05) is 0 Å². The number of carbonyl (C=O) groups excluding carboxylic acids is 1. The first kappa shape index (κ1) is 13.6. The van der Waals surface area contributed by atoms with Crippen molar-refractivity contribution in [2.45, 2.75) is 6.92 Å². The van der Waals surface area contributed by atoms with E-state index in [1.54, 1.807) is 20.2 Å². The Kier molecular flexibility index (Phi) is 3.43. The molecule has 0 unspecified atom stereocenters. The molecule has 2 rings (SSSR count). The molecule has 0 saturated carbocycles. The molecule has 0 spiro atoms. The standard InChI is InChI=1S/C13H13N3O4/c1-7-10(6-16(2)15-7)12(18)14-11-4-3-8(17)5-9(11)13(19)20/h3-6,17H,1-2H3,(H,14,18)(H,19,20). The first-order valence-corrected chi connectivity index (χ1v) is 5.76. The smallest absolute Gasteiger partial charge is 0.337 e. The molecule has 0 radical (unpaired) electrons. The Morgan fingerprint density at radius 1 is 1.30 bits per heavy atom. The van der Waals surface area contributed by atoms with E-state index in [-0.39, 0.29) is 17.0 Å². The Morgan fingerprint density at radius 3 is 2.55 bits per heavy atom. The number of nitrogens with one attached hydrogen (secondary N) is 1. The van der Waals surface area contributed by atoms with Crippen molar-refractivity contribution in [3.05, 3.63) is 41.2 Å². The zero-order valence-electron chi connectivity index (χ0n) is 10.9. The largest absolute Gasteiger partial charge is 0.508 e. The summed E-state index contributed by atoms with van der Waals surface area (Å²) in [6, 6.07) is 3.72. The van der Waals surface area contributed by atoms with Crippen LogP contribution >= 0.6 is 0 Å². The van der Waals surface area contributed by atoms with E-state index in [1.807, 2.05) is 0 Å². The molecule has 7 heteroatoms. The lowest BCUT2D eigenvalue weighted by molar-refractivity contribution is 0.0697. The Labute approximate surface area is 114 Å². The maximum absolute atomic E-state index is 12.1. The molecule has 0 aliphatic carbocycles. The summed E-state index contributed by atoms with van der Waals surface area (Å²) in [6.45, 7) is 1.68. The average molecular weight is 275 g/mol. The number of amides is 1. The number of carboxylic acid groups (broad SMARTS) is 1. The fourth-order valence-electron chi connectivity index (χ4n) is 1.83. The van der Waals surface area contributed by atoms with Crippen molar-refractivity contribution < 1.29 is 19.8 Å². The molecular weight excluding hydrogens is 262 g/mol. The van der Waals surface area contributed by atoms with Crippen LogP contribution in [0, 0.1) is 6.92 Å².